The minimum absolute atomic E-state index is 0.196. The van der Waals surface area contributed by atoms with Crippen LogP contribution < -0.4 is 4.31 Å². The van der Waals surface area contributed by atoms with E-state index >= 15 is 0 Å². The van der Waals surface area contributed by atoms with E-state index in [1.54, 1.807) is 24.0 Å². The summed E-state index contributed by atoms with van der Waals surface area (Å²) in [4.78, 5) is 14.4. The molecule has 1 heterocycles. The summed E-state index contributed by atoms with van der Waals surface area (Å²) in [6.45, 7) is 7.41. The highest BCUT2D eigenvalue weighted by atomic mass is 32.2. The van der Waals surface area contributed by atoms with Gasteiger partial charge in [-0.1, -0.05) is 6.07 Å². The van der Waals surface area contributed by atoms with E-state index in [0.29, 0.717) is 32.0 Å². The number of carbonyl (C=O) groups is 1. The largest absolute Gasteiger partial charge is 0.378 e. The molecule has 1 fully saturated rings. The molecule has 6 nitrogen and oxygen atoms in total. The van der Waals surface area contributed by atoms with Crippen molar-refractivity contribution in [1.82, 2.24) is 4.90 Å². The zero-order valence-corrected chi connectivity index (χ0v) is 14.9. The Morgan fingerprint density at radius 3 is 2.17 bits per heavy atom. The lowest BCUT2D eigenvalue weighted by Gasteiger charge is -2.34. The van der Waals surface area contributed by atoms with Crippen molar-refractivity contribution in [2.24, 2.45) is 0 Å². The predicted octanol–water partition coefficient (Wildman–Crippen LogP) is 1.32. The van der Waals surface area contributed by atoms with Crippen molar-refractivity contribution in [3.05, 3.63) is 29.3 Å². The number of morpholine rings is 1. The quantitative estimate of drug-likeness (QED) is 0.829. The van der Waals surface area contributed by atoms with Crippen molar-refractivity contribution in [3.8, 4) is 0 Å². The van der Waals surface area contributed by atoms with E-state index in [1.807, 2.05) is 19.9 Å². The molecule has 0 unspecified atom stereocenters. The summed E-state index contributed by atoms with van der Waals surface area (Å²) in [6, 6.07) is 4.76. The standard InChI is InChI=1S/C16H24N2O4S/c1-12-9-13(2)11-15(10-12)18(23(4,20)21)14(3)16(19)17-5-7-22-8-6-17/h9-11,14H,5-8H2,1-4H3/t14-/m0/s1. The van der Waals surface area contributed by atoms with Gasteiger partial charge >= 0.3 is 0 Å². The minimum atomic E-state index is -3.58. The van der Waals surface area contributed by atoms with Gasteiger partial charge in [0.25, 0.3) is 0 Å². The van der Waals surface area contributed by atoms with Crippen LogP contribution in [0.15, 0.2) is 18.2 Å². The molecule has 0 spiro atoms. The number of anilines is 1. The molecule has 0 bridgehead atoms. The SMILES string of the molecule is Cc1cc(C)cc(N([C@@H](C)C(=O)N2CCOCC2)S(C)(=O)=O)c1. The maximum atomic E-state index is 12.7. The molecule has 2 rings (SSSR count). The number of rotatable bonds is 4. The molecular weight excluding hydrogens is 316 g/mol. The van der Waals surface area contributed by atoms with Crippen LogP contribution in [0.4, 0.5) is 5.69 Å². The fourth-order valence-electron chi connectivity index (χ4n) is 2.93. The summed E-state index contributed by atoms with van der Waals surface area (Å²) >= 11 is 0. The Hall–Kier alpha value is -1.60. The van der Waals surface area contributed by atoms with E-state index in [2.05, 4.69) is 0 Å². The first-order valence-electron chi connectivity index (χ1n) is 7.64. The molecule has 0 saturated carbocycles. The van der Waals surface area contributed by atoms with E-state index in [9.17, 15) is 13.2 Å². The van der Waals surface area contributed by atoms with Crippen molar-refractivity contribution >= 4 is 21.6 Å². The second kappa shape index (κ2) is 6.88. The molecule has 128 valence electrons. The van der Waals surface area contributed by atoms with Crippen molar-refractivity contribution in [2.45, 2.75) is 26.8 Å². The summed E-state index contributed by atoms with van der Waals surface area (Å²) in [5, 5.41) is 0. The molecule has 1 aliphatic heterocycles. The third-order valence-corrected chi connectivity index (χ3v) is 5.09. The van der Waals surface area contributed by atoms with Crippen LogP contribution in [0.1, 0.15) is 18.1 Å². The van der Waals surface area contributed by atoms with Gasteiger partial charge in [-0.25, -0.2) is 8.42 Å². The number of carbonyl (C=O) groups excluding carboxylic acids is 1. The predicted molar refractivity (Wildman–Crippen MR) is 90.1 cm³/mol. The van der Waals surface area contributed by atoms with Crippen LogP contribution in [-0.4, -0.2) is 57.8 Å². The van der Waals surface area contributed by atoms with Gasteiger partial charge in [0.2, 0.25) is 15.9 Å². The molecule has 0 aromatic heterocycles. The molecule has 0 aliphatic carbocycles. The smallest absolute Gasteiger partial charge is 0.246 e. The van der Waals surface area contributed by atoms with Gasteiger partial charge in [0.1, 0.15) is 6.04 Å². The Kier molecular flexibility index (Phi) is 5.31. The molecule has 1 aromatic rings. The first-order valence-corrected chi connectivity index (χ1v) is 9.49. The van der Waals surface area contributed by atoms with E-state index < -0.39 is 16.1 Å². The van der Waals surface area contributed by atoms with Crippen LogP contribution in [0.25, 0.3) is 0 Å². The van der Waals surface area contributed by atoms with Gasteiger partial charge in [-0.15, -0.1) is 0 Å². The number of sulfonamides is 1. The summed E-state index contributed by atoms with van der Waals surface area (Å²) in [6.07, 6.45) is 1.13. The second-order valence-corrected chi connectivity index (χ2v) is 7.88. The third kappa shape index (κ3) is 4.23. The highest BCUT2D eigenvalue weighted by Crippen LogP contribution is 2.24. The lowest BCUT2D eigenvalue weighted by atomic mass is 10.1. The van der Waals surface area contributed by atoms with Crippen molar-refractivity contribution in [3.63, 3.8) is 0 Å². The lowest BCUT2D eigenvalue weighted by Crippen LogP contribution is -2.52. The summed E-state index contributed by atoms with van der Waals surface area (Å²) in [5.41, 5.74) is 2.44. The van der Waals surface area contributed by atoms with Gasteiger partial charge in [-0.3, -0.25) is 9.10 Å². The Balaban J connectivity index is 2.36. The molecule has 1 saturated heterocycles. The number of nitrogens with zero attached hydrogens (tertiary/aromatic N) is 2. The van der Waals surface area contributed by atoms with Crippen molar-refractivity contribution in [2.75, 3.05) is 36.9 Å². The van der Waals surface area contributed by atoms with Gasteiger partial charge in [0, 0.05) is 13.1 Å². The first kappa shape index (κ1) is 17.7. The van der Waals surface area contributed by atoms with E-state index in [-0.39, 0.29) is 5.91 Å². The van der Waals surface area contributed by atoms with Crippen LogP contribution >= 0.6 is 0 Å². The number of ether oxygens (including phenoxy) is 1. The fraction of sp³-hybridized carbons (Fsp3) is 0.562. The summed E-state index contributed by atoms with van der Waals surface area (Å²) in [7, 11) is -3.58. The number of amides is 1. The van der Waals surface area contributed by atoms with Gasteiger partial charge < -0.3 is 9.64 Å². The fourth-order valence-corrected chi connectivity index (χ4v) is 4.08. The van der Waals surface area contributed by atoms with Gasteiger partial charge in [-0.05, 0) is 44.0 Å². The normalized spacial score (nSPS) is 17.0. The van der Waals surface area contributed by atoms with Crippen LogP contribution in [0, 0.1) is 13.8 Å². The van der Waals surface area contributed by atoms with Crippen LogP contribution in [0.3, 0.4) is 0 Å². The monoisotopic (exact) mass is 340 g/mol. The molecular formula is C16H24N2O4S. The summed E-state index contributed by atoms with van der Waals surface area (Å²) < 4.78 is 31.1. The Morgan fingerprint density at radius 2 is 1.70 bits per heavy atom. The zero-order chi connectivity index (χ0) is 17.2. The summed E-state index contributed by atoms with van der Waals surface area (Å²) in [5.74, 6) is -0.196. The number of aryl methyl sites for hydroxylation is 2. The molecule has 1 aromatic carbocycles. The lowest BCUT2D eigenvalue weighted by molar-refractivity contribution is -0.136. The average molecular weight is 340 g/mol. The number of hydrogen-bond donors (Lipinski definition) is 0. The molecule has 0 radical (unpaired) electrons. The zero-order valence-electron chi connectivity index (χ0n) is 14.1. The van der Waals surface area contributed by atoms with Gasteiger partial charge in [0.15, 0.2) is 0 Å². The topological polar surface area (TPSA) is 66.9 Å². The number of hydrogen-bond acceptors (Lipinski definition) is 4. The van der Waals surface area contributed by atoms with Crippen molar-refractivity contribution < 1.29 is 17.9 Å². The molecule has 1 atom stereocenters. The molecule has 7 heteroatoms. The van der Waals surface area contributed by atoms with Gasteiger partial charge in [-0.2, -0.15) is 0 Å². The van der Waals surface area contributed by atoms with E-state index in [0.717, 1.165) is 17.4 Å². The Bertz CT molecular complexity index is 661. The molecule has 23 heavy (non-hydrogen) atoms. The Morgan fingerprint density at radius 1 is 1.17 bits per heavy atom. The Labute approximate surface area is 138 Å². The average Bonchev–Trinajstić information content (AvgIpc) is 2.45. The van der Waals surface area contributed by atoms with Gasteiger partial charge in [0.05, 0.1) is 25.2 Å². The minimum Gasteiger partial charge on any atom is -0.378 e. The second-order valence-electron chi connectivity index (χ2n) is 6.02. The van der Waals surface area contributed by atoms with Crippen molar-refractivity contribution in [1.29, 1.82) is 0 Å². The molecule has 1 amide bonds. The maximum absolute atomic E-state index is 12.7. The molecule has 0 N–H and O–H groups in total. The van der Waals surface area contributed by atoms with E-state index in [4.69, 9.17) is 4.74 Å². The maximum Gasteiger partial charge on any atom is 0.246 e. The highest BCUT2D eigenvalue weighted by molar-refractivity contribution is 7.92. The van der Waals surface area contributed by atoms with Crippen LogP contribution in [0.5, 0.6) is 0 Å². The third-order valence-electron chi connectivity index (χ3n) is 3.85. The van der Waals surface area contributed by atoms with Crippen LogP contribution in [0.2, 0.25) is 0 Å². The number of benzene rings is 1. The molecule has 1 aliphatic rings. The van der Waals surface area contributed by atoms with E-state index in [1.165, 1.54) is 4.31 Å². The first-order chi connectivity index (χ1) is 10.7. The highest BCUT2D eigenvalue weighted by Gasteiger charge is 2.32. The van der Waals surface area contributed by atoms with Crippen LogP contribution in [-0.2, 0) is 19.6 Å².